The van der Waals surface area contributed by atoms with Gasteiger partial charge in [0.05, 0.1) is 5.75 Å². The first kappa shape index (κ1) is 15.0. The first-order valence-electron chi connectivity index (χ1n) is 6.12. The topological polar surface area (TPSA) is 96.1 Å². The molecule has 6 nitrogen and oxygen atoms in total. The molecule has 1 aromatic heterocycles. The molecule has 2 N–H and O–H groups in total. The summed E-state index contributed by atoms with van der Waals surface area (Å²) >= 11 is 0. The van der Waals surface area contributed by atoms with Crippen molar-refractivity contribution in [1.82, 2.24) is 4.98 Å². The number of rotatable bonds is 6. The zero-order valence-corrected chi connectivity index (χ0v) is 11.8. The van der Waals surface area contributed by atoms with Gasteiger partial charge in [0, 0.05) is 12.6 Å². The van der Waals surface area contributed by atoms with Gasteiger partial charge < -0.3 is 4.98 Å². The standard InChI is InChI=1S/C14H13N2O4S/c17-9-7-12-6-8-15-14(18)13(12)16-21(19,20)10-11-4-2-1-3-5-11/h1-6,8,16H,7,10H2,(H,15,18). The maximum Gasteiger partial charge on any atom is 0.272 e. The summed E-state index contributed by atoms with van der Waals surface area (Å²) in [7, 11) is -3.75. The van der Waals surface area contributed by atoms with Crippen LogP contribution in [0.5, 0.6) is 0 Å². The Balaban J connectivity index is 2.29. The molecule has 0 aliphatic rings. The van der Waals surface area contributed by atoms with Crippen molar-refractivity contribution in [3.8, 4) is 0 Å². The van der Waals surface area contributed by atoms with E-state index in [0.29, 0.717) is 5.56 Å². The van der Waals surface area contributed by atoms with Crippen molar-refractivity contribution in [2.75, 3.05) is 4.72 Å². The monoisotopic (exact) mass is 305 g/mol. The molecule has 2 rings (SSSR count). The summed E-state index contributed by atoms with van der Waals surface area (Å²) in [6.07, 6.45) is 2.84. The van der Waals surface area contributed by atoms with Crippen LogP contribution >= 0.6 is 0 Å². The molecule has 0 atom stereocenters. The zero-order chi connectivity index (χ0) is 15.3. The van der Waals surface area contributed by atoms with Gasteiger partial charge in [-0.1, -0.05) is 30.3 Å². The van der Waals surface area contributed by atoms with Crippen LogP contribution in [0.3, 0.4) is 0 Å². The van der Waals surface area contributed by atoms with E-state index in [2.05, 4.69) is 9.71 Å². The van der Waals surface area contributed by atoms with Gasteiger partial charge in [0.25, 0.3) is 5.56 Å². The van der Waals surface area contributed by atoms with Crippen molar-refractivity contribution < 1.29 is 13.2 Å². The van der Waals surface area contributed by atoms with Gasteiger partial charge in [-0.25, -0.2) is 8.42 Å². The first-order chi connectivity index (χ1) is 10.0. The van der Waals surface area contributed by atoms with E-state index in [0.717, 1.165) is 0 Å². The fourth-order valence-corrected chi connectivity index (χ4v) is 3.08. The lowest BCUT2D eigenvalue weighted by molar-refractivity contribution is 0.555. The van der Waals surface area contributed by atoms with Crippen molar-refractivity contribution >= 4 is 22.0 Å². The fraction of sp³-hybridized carbons (Fsp3) is 0.143. The maximum absolute atomic E-state index is 12.1. The predicted octanol–water partition coefficient (Wildman–Crippen LogP) is 0.969. The Hall–Kier alpha value is -2.41. The third-order valence-electron chi connectivity index (χ3n) is 2.77. The molecule has 1 heterocycles. The number of sulfonamides is 1. The number of aromatic amines is 1. The molecule has 21 heavy (non-hydrogen) atoms. The molecule has 0 amide bonds. The third-order valence-corrected chi connectivity index (χ3v) is 4.00. The van der Waals surface area contributed by atoms with Crippen molar-refractivity contribution in [2.45, 2.75) is 12.2 Å². The van der Waals surface area contributed by atoms with Crippen LogP contribution in [-0.4, -0.2) is 19.7 Å². The summed E-state index contributed by atoms with van der Waals surface area (Å²) in [6, 6.07) is 10.1. The van der Waals surface area contributed by atoms with E-state index in [-0.39, 0.29) is 23.4 Å². The van der Waals surface area contributed by atoms with Crippen molar-refractivity contribution in [1.29, 1.82) is 0 Å². The highest BCUT2D eigenvalue weighted by atomic mass is 32.2. The highest BCUT2D eigenvalue weighted by molar-refractivity contribution is 7.91. The smallest absolute Gasteiger partial charge is 0.272 e. The molecule has 0 fully saturated rings. The van der Waals surface area contributed by atoms with Gasteiger partial charge >= 0.3 is 0 Å². The fourth-order valence-electron chi connectivity index (χ4n) is 1.84. The summed E-state index contributed by atoms with van der Waals surface area (Å²) in [6.45, 7) is 0. The van der Waals surface area contributed by atoms with Crippen molar-refractivity contribution in [3.05, 3.63) is 64.1 Å². The number of hydrogen-bond donors (Lipinski definition) is 2. The predicted molar refractivity (Wildman–Crippen MR) is 79.1 cm³/mol. The molecule has 1 aromatic carbocycles. The van der Waals surface area contributed by atoms with Crippen LogP contribution < -0.4 is 10.3 Å². The Morgan fingerprint density at radius 2 is 1.86 bits per heavy atom. The number of hydrogen-bond acceptors (Lipinski definition) is 4. The number of nitrogens with one attached hydrogen (secondary N) is 2. The summed E-state index contributed by atoms with van der Waals surface area (Å²) < 4.78 is 26.5. The van der Waals surface area contributed by atoms with Crippen LogP contribution in [0.1, 0.15) is 11.1 Å². The summed E-state index contributed by atoms with van der Waals surface area (Å²) in [4.78, 5) is 24.6. The second-order valence-electron chi connectivity index (χ2n) is 4.37. The Morgan fingerprint density at radius 1 is 1.14 bits per heavy atom. The van der Waals surface area contributed by atoms with Crippen molar-refractivity contribution in [3.63, 3.8) is 0 Å². The average Bonchev–Trinajstić information content (AvgIpc) is 2.43. The molecule has 7 heteroatoms. The number of H-pyrrole nitrogens is 1. The highest BCUT2D eigenvalue weighted by Gasteiger charge is 2.16. The van der Waals surface area contributed by atoms with E-state index in [1.165, 1.54) is 12.3 Å². The second kappa shape index (κ2) is 6.36. The van der Waals surface area contributed by atoms with E-state index in [9.17, 15) is 18.0 Å². The molecule has 109 valence electrons. The lowest BCUT2D eigenvalue weighted by Gasteiger charge is -2.10. The van der Waals surface area contributed by atoms with Gasteiger partial charge in [-0.05, 0) is 17.2 Å². The minimum absolute atomic E-state index is 0.142. The van der Waals surface area contributed by atoms with Gasteiger partial charge in [-0.2, -0.15) is 0 Å². The van der Waals surface area contributed by atoms with E-state index in [4.69, 9.17) is 0 Å². The Labute approximate surface area is 121 Å². The minimum Gasteiger partial charge on any atom is -0.327 e. The molecule has 0 saturated carbocycles. The van der Waals surface area contributed by atoms with Crippen molar-refractivity contribution in [2.24, 2.45) is 0 Å². The number of pyridine rings is 1. The number of carbonyl (C=O) groups excluding carboxylic acids is 1. The Morgan fingerprint density at radius 3 is 2.52 bits per heavy atom. The highest BCUT2D eigenvalue weighted by Crippen LogP contribution is 2.13. The molecule has 0 saturated heterocycles. The zero-order valence-electron chi connectivity index (χ0n) is 11.0. The lowest BCUT2D eigenvalue weighted by atomic mass is 10.2. The van der Waals surface area contributed by atoms with Gasteiger partial charge in [-0.15, -0.1) is 0 Å². The average molecular weight is 305 g/mol. The molecular weight excluding hydrogens is 292 g/mol. The summed E-state index contributed by atoms with van der Waals surface area (Å²) in [5.41, 5.74) is 0.141. The van der Waals surface area contributed by atoms with Crippen LogP contribution in [0.15, 0.2) is 47.4 Å². The van der Waals surface area contributed by atoms with Crippen LogP contribution in [0.4, 0.5) is 5.69 Å². The number of anilines is 1. The number of benzene rings is 1. The minimum atomic E-state index is -3.75. The molecule has 1 radical (unpaired) electrons. The van der Waals surface area contributed by atoms with Crippen LogP contribution in [0.2, 0.25) is 0 Å². The Kier molecular flexibility index (Phi) is 4.54. The van der Waals surface area contributed by atoms with Crippen LogP contribution in [-0.2, 0) is 27.0 Å². The molecule has 0 aliphatic carbocycles. The first-order valence-corrected chi connectivity index (χ1v) is 7.77. The molecular formula is C14H13N2O4S. The number of aromatic nitrogens is 1. The normalized spacial score (nSPS) is 11.0. The van der Waals surface area contributed by atoms with Gasteiger partial charge in [-0.3, -0.25) is 14.3 Å². The summed E-state index contributed by atoms with van der Waals surface area (Å²) in [5, 5.41) is 0. The second-order valence-corrected chi connectivity index (χ2v) is 6.10. The quantitative estimate of drug-likeness (QED) is 0.831. The van der Waals surface area contributed by atoms with E-state index in [1.54, 1.807) is 36.6 Å². The van der Waals surface area contributed by atoms with Gasteiger partial charge in [0.1, 0.15) is 5.69 Å². The SMILES string of the molecule is O=[C]Cc1cc[nH]c(=O)c1NS(=O)(=O)Cc1ccccc1. The van der Waals surface area contributed by atoms with E-state index in [1.807, 2.05) is 0 Å². The lowest BCUT2D eigenvalue weighted by Crippen LogP contribution is -2.23. The molecule has 0 unspecified atom stereocenters. The van der Waals surface area contributed by atoms with Gasteiger partial charge in [0.15, 0.2) is 0 Å². The Bertz CT molecular complexity index is 782. The molecule has 0 aliphatic heterocycles. The molecule has 0 spiro atoms. The maximum atomic E-state index is 12.1. The third kappa shape index (κ3) is 4.03. The van der Waals surface area contributed by atoms with E-state index >= 15 is 0 Å². The van der Waals surface area contributed by atoms with Crippen LogP contribution in [0.25, 0.3) is 0 Å². The molecule has 2 aromatic rings. The summed E-state index contributed by atoms with van der Waals surface area (Å²) in [5.74, 6) is -0.258. The van der Waals surface area contributed by atoms with E-state index < -0.39 is 15.6 Å². The van der Waals surface area contributed by atoms with Crippen LogP contribution in [0, 0.1) is 0 Å². The molecule has 0 bridgehead atoms. The largest absolute Gasteiger partial charge is 0.327 e. The van der Waals surface area contributed by atoms with Gasteiger partial charge in [0.2, 0.25) is 16.3 Å².